The van der Waals surface area contributed by atoms with Crippen LogP contribution in [0.2, 0.25) is 0 Å². The minimum Gasteiger partial charge on any atom is -0.480 e. The molecule has 15 heavy (non-hydrogen) atoms. The molecule has 2 aliphatic rings. The Kier molecular flexibility index (Phi) is 2.75. The minimum atomic E-state index is -0.633. The van der Waals surface area contributed by atoms with Gasteiger partial charge in [-0.15, -0.1) is 0 Å². The van der Waals surface area contributed by atoms with Crippen LogP contribution in [0.4, 0.5) is 0 Å². The molecule has 3 heteroatoms. The third-order valence-electron chi connectivity index (χ3n) is 4.12. The molecule has 1 aliphatic carbocycles. The number of likely N-dealkylation sites (tertiary alicyclic amines) is 1. The Labute approximate surface area is 91.5 Å². The molecule has 0 bridgehead atoms. The molecule has 1 atom stereocenters. The average molecular weight is 211 g/mol. The van der Waals surface area contributed by atoms with E-state index in [0.29, 0.717) is 11.5 Å². The summed E-state index contributed by atoms with van der Waals surface area (Å²) in [5.74, 6) is -0.633. The van der Waals surface area contributed by atoms with Gasteiger partial charge in [0.15, 0.2) is 0 Å². The van der Waals surface area contributed by atoms with Gasteiger partial charge in [-0.3, -0.25) is 9.69 Å². The van der Waals surface area contributed by atoms with Crippen molar-refractivity contribution in [2.24, 2.45) is 5.41 Å². The highest BCUT2D eigenvalue weighted by Crippen LogP contribution is 2.39. The van der Waals surface area contributed by atoms with E-state index in [1.54, 1.807) is 0 Å². The fraction of sp³-hybridized carbons (Fsp3) is 0.917. The normalized spacial score (nSPS) is 32.3. The average Bonchev–Trinajstić information content (AvgIpc) is 2.05. The van der Waals surface area contributed by atoms with Gasteiger partial charge in [-0.25, -0.2) is 0 Å². The zero-order chi connectivity index (χ0) is 11.1. The summed E-state index contributed by atoms with van der Waals surface area (Å²) in [6, 6.07) is 0.351. The molecule has 3 nitrogen and oxygen atoms in total. The summed E-state index contributed by atoms with van der Waals surface area (Å²) >= 11 is 0. The molecule has 1 N–H and O–H groups in total. The van der Waals surface area contributed by atoms with E-state index in [-0.39, 0.29) is 6.04 Å². The second kappa shape index (κ2) is 3.78. The molecule has 2 fully saturated rings. The van der Waals surface area contributed by atoms with Crippen molar-refractivity contribution in [1.29, 1.82) is 0 Å². The zero-order valence-electron chi connectivity index (χ0n) is 9.70. The van der Waals surface area contributed by atoms with E-state index in [4.69, 9.17) is 5.11 Å². The Morgan fingerprint density at radius 2 is 1.87 bits per heavy atom. The summed E-state index contributed by atoms with van der Waals surface area (Å²) in [5.41, 5.74) is 0.472. The number of carboxylic acids is 1. The predicted octanol–water partition coefficient (Wildman–Crippen LogP) is 2.11. The monoisotopic (exact) mass is 211 g/mol. The smallest absolute Gasteiger partial charge is 0.320 e. The summed E-state index contributed by atoms with van der Waals surface area (Å²) < 4.78 is 0. The topological polar surface area (TPSA) is 40.5 Å². The van der Waals surface area contributed by atoms with Crippen LogP contribution in [0.15, 0.2) is 0 Å². The maximum Gasteiger partial charge on any atom is 0.320 e. The van der Waals surface area contributed by atoms with Crippen molar-refractivity contribution in [2.75, 3.05) is 6.54 Å². The van der Waals surface area contributed by atoms with Crippen LogP contribution >= 0.6 is 0 Å². The van der Waals surface area contributed by atoms with Crippen LogP contribution in [0.25, 0.3) is 0 Å². The summed E-state index contributed by atoms with van der Waals surface area (Å²) in [7, 11) is 0. The van der Waals surface area contributed by atoms with Crippen molar-refractivity contribution < 1.29 is 9.90 Å². The molecular weight excluding hydrogens is 190 g/mol. The molecule has 0 radical (unpaired) electrons. The molecule has 0 amide bonds. The van der Waals surface area contributed by atoms with Gasteiger partial charge in [0, 0.05) is 12.6 Å². The summed E-state index contributed by atoms with van der Waals surface area (Å²) in [6.45, 7) is 5.62. The second-order valence-corrected chi connectivity index (χ2v) is 5.78. The molecule has 1 saturated carbocycles. The van der Waals surface area contributed by atoms with Gasteiger partial charge < -0.3 is 5.11 Å². The first kappa shape index (κ1) is 10.9. The van der Waals surface area contributed by atoms with E-state index in [2.05, 4.69) is 18.7 Å². The molecule has 1 unspecified atom stereocenters. The van der Waals surface area contributed by atoms with Gasteiger partial charge in [-0.1, -0.05) is 13.8 Å². The minimum absolute atomic E-state index is 0.184. The quantitative estimate of drug-likeness (QED) is 0.760. The summed E-state index contributed by atoms with van der Waals surface area (Å²) in [4.78, 5) is 13.1. The van der Waals surface area contributed by atoms with Gasteiger partial charge >= 0.3 is 5.97 Å². The lowest BCUT2D eigenvalue weighted by Crippen LogP contribution is -2.57. The van der Waals surface area contributed by atoms with Crippen LogP contribution in [-0.4, -0.2) is 34.6 Å². The van der Waals surface area contributed by atoms with Crippen LogP contribution in [0.5, 0.6) is 0 Å². The molecule has 2 rings (SSSR count). The number of nitrogens with zero attached hydrogens (tertiary/aromatic N) is 1. The standard InChI is InChI=1S/C12H21NO2/c1-12(2)6-3-9(4-7-12)13-8-5-10(13)11(14)15/h9-10H,3-8H2,1-2H3,(H,14,15). The molecule has 1 saturated heterocycles. The third kappa shape index (κ3) is 2.17. The van der Waals surface area contributed by atoms with Gasteiger partial charge in [0.1, 0.15) is 6.04 Å². The highest BCUT2D eigenvalue weighted by molar-refractivity contribution is 5.74. The molecule has 0 aromatic carbocycles. The Balaban J connectivity index is 1.89. The van der Waals surface area contributed by atoms with Gasteiger partial charge in [0.2, 0.25) is 0 Å². The number of rotatable bonds is 2. The van der Waals surface area contributed by atoms with Crippen molar-refractivity contribution in [3.05, 3.63) is 0 Å². The van der Waals surface area contributed by atoms with E-state index >= 15 is 0 Å². The first-order valence-electron chi connectivity index (χ1n) is 5.98. The van der Waals surface area contributed by atoms with Crippen LogP contribution in [-0.2, 0) is 4.79 Å². The first-order chi connectivity index (χ1) is 6.99. The van der Waals surface area contributed by atoms with Crippen LogP contribution in [0.1, 0.15) is 46.0 Å². The van der Waals surface area contributed by atoms with Crippen LogP contribution in [0, 0.1) is 5.41 Å². The van der Waals surface area contributed by atoms with E-state index in [1.165, 1.54) is 25.7 Å². The Morgan fingerprint density at radius 3 is 2.27 bits per heavy atom. The lowest BCUT2D eigenvalue weighted by Gasteiger charge is -2.47. The summed E-state index contributed by atoms with van der Waals surface area (Å²) in [6.07, 6.45) is 5.67. The summed E-state index contributed by atoms with van der Waals surface area (Å²) in [5, 5.41) is 9.00. The molecule has 1 aliphatic heterocycles. The number of aliphatic carboxylic acids is 1. The molecule has 1 heterocycles. The maximum absolute atomic E-state index is 10.9. The highest BCUT2D eigenvalue weighted by atomic mass is 16.4. The molecule has 0 aromatic rings. The number of carboxylic acid groups (broad SMARTS) is 1. The Hall–Kier alpha value is -0.570. The van der Waals surface area contributed by atoms with Gasteiger partial charge in [-0.05, 0) is 37.5 Å². The number of carbonyl (C=O) groups is 1. The van der Waals surface area contributed by atoms with Crippen LogP contribution < -0.4 is 0 Å². The second-order valence-electron chi connectivity index (χ2n) is 5.78. The van der Waals surface area contributed by atoms with Crippen molar-refractivity contribution in [1.82, 2.24) is 4.90 Å². The first-order valence-corrected chi connectivity index (χ1v) is 5.98. The lowest BCUT2D eigenvalue weighted by molar-refractivity contribution is -0.151. The van der Waals surface area contributed by atoms with Crippen molar-refractivity contribution in [2.45, 2.75) is 58.0 Å². The molecule has 0 spiro atoms. The Bertz CT molecular complexity index is 252. The maximum atomic E-state index is 10.9. The third-order valence-corrected chi connectivity index (χ3v) is 4.12. The predicted molar refractivity (Wildman–Crippen MR) is 58.8 cm³/mol. The van der Waals surface area contributed by atoms with Crippen LogP contribution in [0.3, 0.4) is 0 Å². The largest absolute Gasteiger partial charge is 0.480 e. The molecule has 86 valence electrons. The fourth-order valence-corrected chi connectivity index (χ4v) is 2.83. The molecule has 0 aromatic heterocycles. The number of hydrogen-bond acceptors (Lipinski definition) is 2. The van der Waals surface area contributed by atoms with Gasteiger partial charge in [-0.2, -0.15) is 0 Å². The van der Waals surface area contributed by atoms with E-state index in [0.717, 1.165) is 13.0 Å². The lowest BCUT2D eigenvalue weighted by atomic mass is 9.74. The Morgan fingerprint density at radius 1 is 1.27 bits per heavy atom. The highest BCUT2D eigenvalue weighted by Gasteiger charge is 2.40. The number of hydrogen-bond donors (Lipinski definition) is 1. The SMILES string of the molecule is CC1(C)CCC(N2CCC2C(=O)O)CC1. The van der Waals surface area contributed by atoms with E-state index in [1.807, 2.05) is 0 Å². The van der Waals surface area contributed by atoms with Crippen molar-refractivity contribution in [3.8, 4) is 0 Å². The molecular formula is C12H21NO2. The fourth-order valence-electron chi connectivity index (χ4n) is 2.83. The van der Waals surface area contributed by atoms with E-state index < -0.39 is 5.97 Å². The zero-order valence-corrected chi connectivity index (χ0v) is 9.70. The van der Waals surface area contributed by atoms with Crippen molar-refractivity contribution >= 4 is 5.97 Å². The van der Waals surface area contributed by atoms with Gasteiger partial charge in [0.25, 0.3) is 0 Å². The van der Waals surface area contributed by atoms with E-state index in [9.17, 15) is 4.79 Å². The van der Waals surface area contributed by atoms with Gasteiger partial charge in [0.05, 0.1) is 0 Å². The van der Waals surface area contributed by atoms with Crippen molar-refractivity contribution in [3.63, 3.8) is 0 Å².